The molecule has 2 N–H and O–H groups in total. The van der Waals surface area contributed by atoms with Crippen LogP contribution in [0.3, 0.4) is 0 Å². The van der Waals surface area contributed by atoms with Gasteiger partial charge in [0.2, 0.25) is 0 Å². The summed E-state index contributed by atoms with van der Waals surface area (Å²) in [4.78, 5) is 15.4. The first kappa shape index (κ1) is 13.1. The van der Waals surface area contributed by atoms with Crippen molar-refractivity contribution in [2.75, 3.05) is 14.2 Å². The number of ether oxygens (including phenoxy) is 2. The third-order valence-electron chi connectivity index (χ3n) is 3.96. The molecule has 2 unspecified atom stereocenters. The number of hydrogen-bond donors (Lipinski definition) is 2. The summed E-state index contributed by atoms with van der Waals surface area (Å²) in [5.41, 5.74) is 2.36. The zero-order valence-electron chi connectivity index (χ0n) is 11.8. The number of benzene rings is 1. The fraction of sp³-hybridized carbons (Fsp3) is 0.400. The minimum Gasteiger partial charge on any atom is -0.468 e. The van der Waals surface area contributed by atoms with Crippen molar-refractivity contribution >= 4 is 16.9 Å². The molecule has 3 rings (SSSR count). The predicted octanol–water partition coefficient (Wildman–Crippen LogP) is 1.89. The molecule has 5 heteroatoms. The molecule has 106 valence electrons. The zero-order valence-corrected chi connectivity index (χ0v) is 11.8. The summed E-state index contributed by atoms with van der Waals surface area (Å²) in [5, 5.41) is 4.35. The van der Waals surface area contributed by atoms with Gasteiger partial charge < -0.3 is 14.5 Å². The maximum Gasteiger partial charge on any atom is 0.326 e. The molecule has 1 aromatic heterocycles. The van der Waals surface area contributed by atoms with Crippen LogP contribution in [0, 0.1) is 0 Å². The number of hydrogen-bond acceptors (Lipinski definition) is 4. The molecule has 2 atom stereocenters. The van der Waals surface area contributed by atoms with Crippen LogP contribution in [0.15, 0.2) is 24.3 Å². The van der Waals surface area contributed by atoms with E-state index in [9.17, 15) is 4.79 Å². The van der Waals surface area contributed by atoms with E-state index in [4.69, 9.17) is 9.47 Å². The van der Waals surface area contributed by atoms with Crippen molar-refractivity contribution in [3.63, 3.8) is 0 Å². The average molecular weight is 274 g/mol. The number of fused-ring (bicyclic) bond motifs is 3. The maximum atomic E-state index is 12.1. The van der Waals surface area contributed by atoms with Gasteiger partial charge in [-0.15, -0.1) is 0 Å². The third-order valence-corrected chi connectivity index (χ3v) is 3.96. The van der Waals surface area contributed by atoms with E-state index in [1.165, 1.54) is 7.11 Å². The number of para-hydroxylation sites is 1. The maximum absolute atomic E-state index is 12.1. The number of nitrogens with one attached hydrogen (secondary N) is 2. The summed E-state index contributed by atoms with van der Waals surface area (Å²) in [6.07, 6.45) is 0.217. The Morgan fingerprint density at radius 1 is 1.35 bits per heavy atom. The number of aromatic nitrogens is 1. The van der Waals surface area contributed by atoms with Crippen LogP contribution < -0.4 is 5.32 Å². The highest BCUT2D eigenvalue weighted by Crippen LogP contribution is 2.35. The second-order valence-corrected chi connectivity index (χ2v) is 5.32. The van der Waals surface area contributed by atoms with E-state index in [1.807, 2.05) is 25.1 Å². The van der Waals surface area contributed by atoms with Crippen LogP contribution in [0.5, 0.6) is 0 Å². The summed E-state index contributed by atoms with van der Waals surface area (Å²) in [6.45, 7) is 1.84. The fourth-order valence-electron chi connectivity index (χ4n) is 2.93. The van der Waals surface area contributed by atoms with Crippen molar-refractivity contribution in [3.8, 4) is 0 Å². The van der Waals surface area contributed by atoms with Crippen molar-refractivity contribution in [3.05, 3.63) is 35.5 Å². The lowest BCUT2D eigenvalue weighted by Crippen LogP contribution is -2.56. The van der Waals surface area contributed by atoms with E-state index in [2.05, 4.69) is 16.4 Å². The van der Waals surface area contributed by atoms with E-state index in [0.29, 0.717) is 6.42 Å². The largest absolute Gasteiger partial charge is 0.468 e. The highest BCUT2D eigenvalue weighted by molar-refractivity contribution is 5.88. The number of aromatic amines is 1. The molecule has 0 saturated heterocycles. The van der Waals surface area contributed by atoms with Crippen LogP contribution in [0.25, 0.3) is 10.9 Å². The van der Waals surface area contributed by atoms with Crippen molar-refractivity contribution in [2.24, 2.45) is 0 Å². The Bertz CT molecular complexity index is 664. The Morgan fingerprint density at radius 2 is 2.10 bits per heavy atom. The summed E-state index contributed by atoms with van der Waals surface area (Å²) < 4.78 is 10.4. The van der Waals surface area contributed by atoms with Crippen molar-refractivity contribution in [2.45, 2.75) is 25.1 Å². The van der Waals surface area contributed by atoms with Gasteiger partial charge in [0, 0.05) is 24.4 Å². The topological polar surface area (TPSA) is 63.4 Å². The summed E-state index contributed by atoms with van der Waals surface area (Å²) in [7, 11) is 3.03. The van der Waals surface area contributed by atoms with Gasteiger partial charge in [0.05, 0.1) is 12.8 Å². The molecule has 0 amide bonds. The van der Waals surface area contributed by atoms with Gasteiger partial charge >= 0.3 is 5.97 Å². The van der Waals surface area contributed by atoms with Crippen LogP contribution in [-0.4, -0.2) is 30.7 Å². The molecule has 0 fully saturated rings. The Kier molecular flexibility index (Phi) is 3.03. The zero-order chi connectivity index (χ0) is 14.3. The number of carbonyl (C=O) groups excluding carboxylic acids is 1. The van der Waals surface area contributed by atoms with Gasteiger partial charge in [-0.05, 0) is 18.6 Å². The molecular formula is C15H18N2O3. The second kappa shape index (κ2) is 4.61. The second-order valence-electron chi connectivity index (χ2n) is 5.32. The Balaban J connectivity index is 2.15. The minimum absolute atomic E-state index is 0.282. The molecule has 0 spiro atoms. The quantitative estimate of drug-likeness (QED) is 0.821. The summed E-state index contributed by atoms with van der Waals surface area (Å²) in [5.74, 6) is -0.282. The lowest BCUT2D eigenvalue weighted by Gasteiger charge is -2.36. The van der Waals surface area contributed by atoms with E-state index in [-0.39, 0.29) is 12.2 Å². The highest BCUT2D eigenvalue weighted by atomic mass is 16.5. The van der Waals surface area contributed by atoms with E-state index in [1.54, 1.807) is 7.11 Å². The van der Waals surface area contributed by atoms with Crippen molar-refractivity contribution in [1.29, 1.82) is 0 Å². The lowest BCUT2D eigenvalue weighted by molar-refractivity contribution is -0.150. The fourth-order valence-corrected chi connectivity index (χ4v) is 2.93. The Hall–Kier alpha value is -1.85. The number of H-pyrrole nitrogens is 1. The van der Waals surface area contributed by atoms with E-state index < -0.39 is 5.54 Å². The van der Waals surface area contributed by atoms with Crippen molar-refractivity contribution in [1.82, 2.24) is 10.3 Å². The number of esters is 1. The molecule has 0 saturated carbocycles. The van der Waals surface area contributed by atoms with Gasteiger partial charge in [-0.3, -0.25) is 10.1 Å². The SMILES string of the molecule is COC(=O)C1(C)Cc2c([nH]c3ccccc23)C(OC)N1. The molecule has 20 heavy (non-hydrogen) atoms. The Labute approximate surface area is 117 Å². The molecule has 0 aliphatic carbocycles. The molecule has 0 bridgehead atoms. The van der Waals surface area contributed by atoms with Crippen molar-refractivity contribution < 1.29 is 14.3 Å². The normalized spacial score (nSPS) is 25.4. The van der Waals surface area contributed by atoms with Gasteiger partial charge in [0.15, 0.2) is 0 Å². The first-order valence-electron chi connectivity index (χ1n) is 6.57. The first-order chi connectivity index (χ1) is 9.59. The molecule has 1 aromatic carbocycles. The molecule has 2 heterocycles. The van der Waals surface area contributed by atoms with Gasteiger partial charge in [-0.25, -0.2) is 0 Å². The monoisotopic (exact) mass is 274 g/mol. The van der Waals surface area contributed by atoms with Gasteiger partial charge in [-0.1, -0.05) is 18.2 Å². The molecular weight excluding hydrogens is 256 g/mol. The van der Waals surface area contributed by atoms with Gasteiger partial charge in [0.1, 0.15) is 11.8 Å². The summed E-state index contributed by atoms with van der Waals surface area (Å²) >= 11 is 0. The first-order valence-corrected chi connectivity index (χ1v) is 6.57. The standard InChI is InChI=1S/C15H18N2O3/c1-15(14(18)20-3)8-10-9-6-4-5-7-11(9)16-12(10)13(17-15)19-2/h4-7,13,16-17H,8H2,1-3H3. The number of carbonyl (C=O) groups is 1. The third kappa shape index (κ3) is 1.82. The van der Waals surface area contributed by atoms with Crippen LogP contribution in [-0.2, 0) is 20.7 Å². The predicted molar refractivity (Wildman–Crippen MR) is 75.3 cm³/mol. The smallest absolute Gasteiger partial charge is 0.326 e. The molecule has 0 radical (unpaired) electrons. The molecule has 5 nitrogen and oxygen atoms in total. The highest BCUT2D eigenvalue weighted by Gasteiger charge is 2.43. The minimum atomic E-state index is -0.784. The van der Waals surface area contributed by atoms with Crippen LogP contribution in [0.4, 0.5) is 0 Å². The number of rotatable bonds is 2. The number of methoxy groups -OCH3 is 2. The molecule has 2 aromatic rings. The van der Waals surface area contributed by atoms with E-state index in [0.717, 1.165) is 22.2 Å². The average Bonchev–Trinajstić information content (AvgIpc) is 2.84. The summed E-state index contributed by atoms with van der Waals surface area (Å²) in [6, 6.07) is 8.06. The van der Waals surface area contributed by atoms with Crippen LogP contribution in [0.2, 0.25) is 0 Å². The van der Waals surface area contributed by atoms with E-state index >= 15 is 0 Å². The molecule has 1 aliphatic heterocycles. The van der Waals surface area contributed by atoms with Crippen LogP contribution in [0.1, 0.15) is 24.4 Å². The molecule has 1 aliphatic rings. The van der Waals surface area contributed by atoms with Gasteiger partial charge in [0.25, 0.3) is 0 Å². The lowest BCUT2D eigenvalue weighted by atomic mass is 9.87. The van der Waals surface area contributed by atoms with Crippen LogP contribution >= 0.6 is 0 Å². The van der Waals surface area contributed by atoms with Gasteiger partial charge in [-0.2, -0.15) is 0 Å². The Morgan fingerprint density at radius 3 is 2.80 bits per heavy atom.